The zero-order valence-corrected chi connectivity index (χ0v) is 11.0. The molecule has 18 heavy (non-hydrogen) atoms. The summed E-state index contributed by atoms with van der Waals surface area (Å²) in [5.41, 5.74) is 5.65. The molecule has 0 bridgehead atoms. The van der Waals surface area contributed by atoms with Gasteiger partial charge in [-0.05, 0) is 31.6 Å². The second-order valence-corrected chi connectivity index (χ2v) is 5.29. The van der Waals surface area contributed by atoms with Crippen molar-refractivity contribution in [1.29, 1.82) is 0 Å². The first-order valence-corrected chi connectivity index (χ1v) is 6.94. The van der Waals surface area contributed by atoms with Crippen LogP contribution in [-0.4, -0.2) is 21.9 Å². The molecule has 0 aliphatic heterocycles. The molecule has 1 saturated carbocycles. The van der Waals surface area contributed by atoms with E-state index >= 15 is 0 Å². The predicted molar refractivity (Wildman–Crippen MR) is 67.9 cm³/mol. The Morgan fingerprint density at radius 3 is 2.72 bits per heavy atom. The Labute approximate surface area is 108 Å². The third-order valence-corrected chi connectivity index (χ3v) is 3.88. The van der Waals surface area contributed by atoms with Crippen LogP contribution in [0.15, 0.2) is 4.52 Å². The van der Waals surface area contributed by atoms with Gasteiger partial charge in [-0.15, -0.1) is 0 Å². The van der Waals surface area contributed by atoms with Crippen LogP contribution in [0.1, 0.15) is 69.1 Å². The number of hydrogen-bond donors (Lipinski definition) is 2. The lowest BCUT2D eigenvalue weighted by atomic mass is 9.80. The lowest BCUT2D eigenvalue weighted by Gasteiger charge is -2.26. The van der Waals surface area contributed by atoms with Gasteiger partial charge in [-0.3, -0.25) is 0 Å². The van der Waals surface area contributed by atoms with Crippen LogP contribution in [0, 0.1) is 5.92 Å². The van der Waals surface area contributed by atoms with E-state index in [0.29, 0.717) is 11.8 Å². The van der Waals surface area contributed by atoms with Gasteiger partial charge in [0.05, 0.1) is 6.61 Å². The maximum Gasteiger partial charge on any atom is 0.245 e. The maximum atomic E-state index is 8.95. The number of aliphatic hydroxyl groups is 1. The molecule has 0 amide bonds. The number of aliphatic hydroxyl groups excluding tert-OH is 1. The minimum Gasteiger partial charge on any atom is -0.394 e. The van der Waals surface area contributed by atoms with Crippen molar-refractivity contribution in [3.8, 4) is 0 Å². The van der Waals surface area contributed by atoms with Crippen LogP contribution in [0.3, 0.4) is 0 Å². The summed E-state index contributed by atoms with van der Waals surface area (Å²) in [6.45, 7) is 2.08. The normalized spacial score (nSPS) is 26.2. The summed E-state index contributed by atoms with van der Waals surface area (Å²) < 4.78 is 5.10. The van der Waals surface area contributed by atoms with Crippen molar-refractivity contribution >= 4 is 0 Å². The highest BCUT2D eigenvalue weighted by Crippen LogP contribution is 2.36. The zero-order chi connectivity index (χ0) is 13.0. The summed E-state index contributed by atoms with van der Waals surface area (Å²) in [6, 6.07) is -0.553. The van der Waals surface area contributed by atoms with E-state index in [1.807, 2.05) is 0 Å². The van der Waals surface area contributed by atoms with Crippen molar-refractivity contribution in [3.63, 3.8) is 0 Å². The van der Waals surface area contributed by atoms with Crippen LogP contribution in [0.5, 0.6) is 0 Å². The molecule has 0 saturated heterocycles. The molecular formula is C13H23N3O2. The molecule has 0 radical (unpaired) electrons. The van der Waals surface area contributed by atoms with Gasteiger partial charge in [0.25, 0.3) is 0 Å². The summed E-state index contributed by atoms with van der Waals surface area (Å²) in [5.74, 6) is 2.39. The Bertz CT molecular complexity index is 359. The molecule has 102 valence electrons. The average Bonchev–Trinajstić information content (AvgIpc) is 2.89. The Balaban J connectivity index is 1.91. The van der Waals surface area contributed by atoms with Crippen molar-refractivity contribution in [1.82, 2.24) is 10.1 Å². The van der Waals surface area contributed by atoms with Crippen molar-refractivity contribution in [2.75, 3.05) is 6.61 Å². The summed E-state index contributed by atoms with van der Waals surface area (Å²) >= 11 is 0. The SMILES string of the molecule is CCCC1CCC(c2noc([C@@H](N)CO)n2)CC1. The summed E-state index contributed by atoms with van der Waals surface area (Å²) in [4.78, 5) is 4.31. The second-order valence-electron chi connectivity index (χ2n) is 5.29. The van der Waals surface area contributed by atoms with Crippen LogP contribution in [0.25, 0.3) is 0 Å². The van der Waals surface area contributed by atoms with E-state index in [1.54, 1.807) is 0 Å². The van der Waals surface area contributed by atoms with Crippen molar-refractivity contribution in [2.45, 2.75) is 57.4 Å². The standard InChI is InChI=1S/C13H23N3O2/c1-2-3-9-4-6-10(7-5-9)12-15-13(18-16-12)11(14)8-17/h9-11,17H,2-8,14H2,1H3/t9?,10?,11-/m0/s1. The van der Waals surface area contributed by atoms with E-state index in [0.717, 1.165) is 24.6 Å². The molecule has 1 aromatic heterocycles. The van der Waals surface area contributed by atoms with Crippen molar-refractivity contribution in [3.05, 3.63) is 11.7 Å². The van der Waals surface area contributed by atoms with Gasteiger partial charge in [0.15, 0.2) is 5.82 Å². The third-order valence-electron chi connectivity index (χ3n) is 3.88. The van der Waals surface area contributed by atoms with Crippen LogP contribution in [0.2, 0.25) is 0 Å². The van der Waals surface area contributed by atoms with Gasteiger partial charge in [-0.25, -0.2) is 0 Å². The largest absolute Gasteiger partial charge is 0.394 e. The first kappa shape index (κ1) is 13.5. The lowest BCUT2D eigenvalue weighted by molar-refractivity contribution is 0.236. The van der Waals surface area contributed by atoms with Gasteiger partial charge in [-0.2, -0.15) is 4.98 Å². The fourth-order valence-corrected chi connectivity index (χ4v) is 2.76. The number of nitrogens with two attached hydrogens (primary N) is 1. The minimum atomic E-state index is -0.553. The molecule has 0 unspecified atom stereocenters. The second kappa shape index (κ2) is 6.29. The quantitative estimate of drug-likeness (QED) is 0.839. The van der Waals surface area contributed by atoms with Crippen LogP contribution in [0.4, 0.5) is 0 Å². The molecule has 2 rings (SSSR count). The van der Waals surface area contributed by atoms with Gasteiger partial charge >= 0.3 is 0 Å². The average molecular weight is 253 g/mol. The summed E-state index contributed by atoms with van der Waals surface area (Å²) in [7, 11) is 0. The van der Waals surface area contributed by atoms with E-state index in [2.05, 4.69) is 17.1 Å². The Hall–Kier alpha value is -0.940. The molecule has 1 atom stereocenters. The van der Waals surface area contributed by atoms with Gasteiger partial charge in [-0.1, -0.05) is 24.9 Å². The van der Waals surface area contributed by atoms with E-state index in [4.69, 9.17) is 15.4 Å². The Morgan fingerprint density at radius 2 is 2.11 bits per heavy atom. The van der Waals surface area contributed by atoms with Crippen molar-refractivity contribution in [2.24, 2.45) is 11.7 Å². The number of nitrogens with zero attached hydrogens (tertiary/aromatic N) is 2. The van der Waals surface area contributed by atoms with E-state index in [9.17, 15) is 0 Å². The predicted octanol–water partition coefficient (Wildman–Crippen LogP) is 2.14. The highest BCUT2D eigenvalue weighted by molar-refractivity contribution is 4.99. The number of rotatable bonds is 5. The zero-order valence-electron chi connectivity index (χ0n) is 11.0. The van der Waals surface area contributed by atoms with Gasteiger partial charge in [0, 0.05) is 5.92 Å². The topological polar surface area (TPSA) is 85.2 Å². The van der Waals surface area contributed by atoms with Gasteiger partial charge in [0.2, 0.25) is 5.89 Å². The Morgan fingerprint density at radius 1 is 1.39 bits per heavy atom. The van der Waals surface area contributed by atoms with E-state index in [-0.39, 0.29) is 6.61 Å². The number of aromatic nitrogens is 2. The summed E-state index contributed by atoms with van der Waals surface area (Å²) in [5, 5.41) is 13.0. The molecule has 5 heteroatoms. The van der Waals surface area contributed by atoms with E-state index < -0.39 is 6.04 Å². The third kappa shape index (κ3) is 3.09. The molecule has 1 fully saturated rings. The smallest absolute Gasteiger partial charge is 0.245 e. The van der Waals surface area contributed by atoms with Crippen molar-refractivity contribution < 1.29 is 9.63 Å². The van der Waals surface area contributed by atoms with Crippen LogP contribution < -0.4 is 5.73 Å². The van der Waals surface area contributed by atoms with E-state index in [1.165, 1.54) is 25.7 Å². The first-order valence-electron chi connectivity index (χ1n) is 6.94. The highest BCUT2D eigenvalue weighted by atomic mass is 16.5. The molecular weight excluding hydrogens is 230 g/mol. The summed E-state index contributed by atoms with van der Waals surface area (Å²) in [6.07, 6.45) is 7.39. The molecule has 0 aromatic carbocycles. The van der Waals surface area contributed by atoms with Crippen LogP contribution >= 0.6 is 0 Å². The molecule has 5 nitrogen and oxygen atoms in total. The molecule has 0 spiro atoms. The first-order chi connectivity index (χ1) is 8.74. The maximum absolute atomic E-state index is 8.95. The fraction of sp³-hybridized carbons (Fsp3) is 0.846. The fourth-order valence-electron chi connectivity index (χ4n) is 2.76. The molecule has 1 heterocycles. The molecule has 1 aliphatic rings. The molecule has 1 aromatic rings. The Kier molecular flexibility index (Phi) is 4.72. The number of hydrogen-bond acceptors (Lipinski definition) is 5. The van der Waals surface area contributed by atoms with Crippen LogP contribution in [-0.2, 0) is 0 Å². The lowest BCUT2D eigenvalue weighted by Crippen LogP contribution is -2.16. The van der Waals surface area contributed by atoms with Gasteiger partial charge < -0.3 is 15.4 Å². The highest BCUT2D eigenvalue weighted by Gasteiger charge is 2.26. The van der Waals surface area contributed by atoms with Gasteiger partial charge in [0.1, 0.15) is 6.04 Å². The minimum absolute atomic E-state index is 0.162. The molecule has 1 aliphatic carbocycles. The monoisotopic (exact) mass is 253 g/mol. The molecule has 3 N–H and O–H groups in total.